The van der Waals surface area contributed by atoms with Crippen molar-refractivity contribution in [1.29, 1.82) is 0 Å². The maximum absolute atomic E-state index is 3.57. The van der Waals surface area contributed by atoms with Crippen molar-refractivity contribution in [1.82, 2.24) is 10.2 Å². The molecule has 0 saturated carbocycles. The minimum atomic E-state index is 0.754. The van der Waals surface area contributed by atoms with E-state index in [0.29, 0.717) is 0 Å². The van der Waals surface area contributed by atoms with E-state index in [1.54, 1.807) is 0 Å². The van der Waals surface area contributed by atoms with Gasteiger partial charge in [0.25, 0.3) is 0 Å². The van der Waals surface area contributed by atoms with Crippen LogP contribution in [0.25, 0.3) is 0 Å². The SMILES string of the molecule is CCCCCCN1CCCNCC1C(C)C. The third-order valence-corrected chi connectivity index (χ3v) is 3.69. The van der Waals surface area contributed by atoms with Crippen molar-refractivity contribution in [3.63, 3.8) is 0 Å². The third-order valence-electron chi connectivity index (χ3n) is 3.69. The normalized spacial score (nSPS) is 23.6. The van der Waals surface area contributed by atoms with Crippen LogP contribution in [0.15, 0.2) is 0 Å². The molecule has 1 unspecified atom stereocenters. The average Bonchev–Trinajstić information content (AvgIpc) is 2.49. The molecule has 1 rings (SSSR count). The molecule has 0 bridgehead atoms. The molecule has 2 heteroatoms. The number of nitrogens with one attached hydrogen (secondary N) is 1. The van der Waals surface area contributed by atoms with Gasteiger partial charge in [0.05, 0.1) is 0 Å². The summed E-state index contributed by atoms with van der Waals surface area (Å²) in [6.45, 7) is 12.0. The third kappa shape index (κ3) is 4.84. The Kier molecular flexibility index (Phi) is 7.06. The summed E-state index contributed by atoms with van der Waals surface area (Å²) in [7, 11) is 0. The van der Waals surface area contributed by atoms with E-state index < -0.39 is 0 Å². The maximum atomic E-state index is 3.57. The highest BCUT2D eigenvalue weighted by atomic mass is 15.2. The summed E-state index contributed by atoms with van der Waals surface area (Å²) in [6.07, 6.45) is 6.85. The second-order valence-electron chi connectivity index (χ2n) is 5.47. The zero-order valence-electron chi connectivity index (χ0n) is 11.5. The van der Waals surface area contributed by atoms with Crippen LogP contribution in [-0.4, -0.2) is 37.1 Å². The van der Waals surface area contributed by atoms with Gasteiger partial charge in [0, 0.05) is 12.6 Å². The van der Waals surface area contributed by atoms with Crippen LogP contribution in [0.2, 0.25) is 0 Å². The lowest BCUT2D eigenvalue weighted by atomic mass is 10.0. The molecule has 1 aliphatic rings. The lowest BCUT2D eigenvalue weighted by Crippen LogP contribution is -2.43. The zero-order valence-corrected chi connectivity index (χ0v) is 11.5. The van der Waals surface area contributed by atoms with Crippen LogP contribution >= 0.6 is 0 Å². The molecule has 1 aliphatic heterocycles. The van der Waals surface area contributed by atoms with Gasteiger partial charge in [0.1, 0.15) is 0 Å². The van der Waals surface area contributed by atoms with Crippen LogP contribution in [0.4, 0.5) is 0 Å². The Balaban J connectivity index is 2.32. The van der Waals surface area contributed by atoms with E-state index in [2.05, 4.69) is 31.0 Å². The molecule has 0 aliphatic carbocycles. The first-order valence-electron chi connectivity index (χ1n) is 7.20. The van der Waals surface area contributed by atoms with Gasteiger partial charge >= 0.3 is 0 Å². The van der Waals surface area contributed by atoms with Crippen molar-refractivity contribution in [3.05, 3.63) is 0 Å². The van der Waals surface area contributed by atoms with Crippen molar-refractivity contribution in [2.24, 2.45) is 5.92 Å². The van der Waals surface area contributed by atoms with Crippen molar-refractivity contribution in [2.45, 2.75) is 58.9 Å². The lowest BCUT2D eigenvalue weighted by molar-refractivity contribution is 0.163. The largest absolute Gasteiger partial charge is 0.315 e. The molecule has 1 heterocycles. The Morgan fingerprint density at radius 1 is 1.25 bits per heavy atom. The molecular formula is C14H30N2. The van der Waals surface area contributed by atoms with Gasteiger partial charge in [-0.05, 0) is 38.4 Å². The van der Waals surface area contributed by atoms with E-state index in [0.717, 1.165) is 12.0 Å². The maximum Gasteiger partial charge on any atom is 0.0243 e. The summed E-state index contributed by atoms with van der Waals surface area (Å²) in [5.41, 5.74) is 0. The lowest BCUT2D eigenvalue weighted by Gasteiger charge is -2.32. The summed E-state index contributed by atoms with van der Waals surface area (Å²) in [6, 6.07) is 0.754. The first kappa shape index (κ1) is 14.0. The number of hydrogen-bond donors (Lipinski definition) is 1. The van der Waals surface area contributed by atoms with Crippen molar-refractivity contribution in [2.75, 3.05) is 26.2 Å². The summed E-state index contributed by atoms with van der Waals surface area (Å²) in [4.78, 5) is 2.72. The Morgan fingerprint density at radius 3 is 2.75 bits per heavy atom. The van der Waals surface area contributed by atoms with Crippen LogP contribution in [0.5, 0.6) is 0 Å². The highest BCUT2D eigenvalue weighted by Gasteiger charge is 2.22. The van der Waals surface area contributed by atoms with E-state index in [-0.39, 0.29) is 0 Å². The van der Waals surface area contributed by atoms with Crippen molar-refractivity contribution < 1.29 is 0 Å². The Labute approximate surface area is 102 Å². The van der Waals surface area contributed by atoms with Gasteiger partial charge in [0.2, 0.25) is 0 Å². The van der Waals surface area contributed by atoms with Crippen LogP contribution in [0.3, 0.4) is 0 Å². The first-order valence-corrected chi connectivity index (χ1v) is 7.20. The topological polar surface area (TPSA) is 15.3 Å². The first-order chi connectivity index (χ1) is 7.75. The van der Waals surface area contributed by atoms with Crippen LogP contribution in [0.1, 0.15) is 52.9 Å². The minimum absolute atomic E-state index is 0.754. The summed E-state index contributed by atoms with van der Waals surface area (Å²) in [5, 5.41) is 3.57. The summed E-state index contributed by atoms with van der Waals surface area (Å²) >= 11 is 0. The second kappa shape index (κ2) is 8.08. The number of unbranched alkanes of at least 4 members (excludes halogenated alkanes) is 3. The summed E-state index contributed by atoms with van der Waals surface area (Å²) in [5.74, 6) is 0.775. The van der Waals surface area contributed by atoms with Crippen LogP contribution in [-0.2, 0) is 0 Å². The molecule has 16 heavy (non-hydrogen) atoms. The predicted molar refractivity (Wildman–Crippen MR) is 71.8 cm³/mol. The van der Waals surface area contributed by atoms with E-state index in [4.69, 9.17) is 0 Å². The highest BCUT2D eigenvalue weighted by Crippen LogP contribution is 2.14. The molecule has 0 amide bonds. The van der Waals surface area contributed by atoms with Crippen molar-refractivity contribution >= 4 is 0 Å². The highest BCUT2D eigenvalue weighted by molar-refractivity contribution is 4.80. The van der Waals surface area contributed by atoms with E-state index in [1.165, 1.54) is 58.3 Å². The monoisotopic (exact) mass is 226 g/mol. The number of rotatable bonds is 6. The molecule has 96 valence electrons. The van der Waals surface area contributed by atoms with Gasteiger partial charge in [-0.3, -0.25) is 4.90 Å². The average molecular weight is 226 g/mol. The van der Waals surface area contributed by atoms with Gasteiger partial charge in [-0.1, -0.05) is 40.0 Å². The molecule has 0 aromatic carbocycles. The molecule has 1 fully saturated rings. The Bertz CT molecular complexity index is 168. The minimum Gasteiger partial charge on any atom is -0.315 e. The van der Waals surface area contributed by atoms with E-state index in [1.807, 2.05) is 0 Å². The Morgan fingerprint density at radius 2 is 2.06 bits per heavy atom. The molecule has 0 aromatic rings. The number of nitrogens with zero attached hydrogens (tertiary/aromatic N) is 1. The van der Waals surface area contributed by atoms with Gasteiger partial charge < -0.3 is 5.32 Å². The van der Waals surface area contributed by atoms with Gasteiger partial charge in [-0.15, -0.1) is 0 Å². The predicted octanol–water partition coefficient (Wildman–Crippen LogP) is 2.89. The molecular weight excluding hydrogens is 196 g/mol. The Hall–Kier alpha value is -0.0800. The number of hydrogen-bond acceptors (Lipinski definition) is 2. The van der Waals surface area contributed by atoms with Gasteiger partial charge in [-0.2, -0.15) is 0 Å². The molecule has 1 atom stereocenters. The zero-order chi connectivity index (χ0) is 11.8. The molecule has 0 spiro atoms. The molecule has 1 saturated heterocycles. The van der Waals surface area contributed by atoms with Crippen LogP contribution < -0.4 is 5.32 Å². The standard InChI is InChI=1S/C14H30N2/c1-4-5-6-7-10-16-11-8-9-15-12-14(16)13(2)3/h13-15H,4-12H2,1-3H3. The molecule has 1 N–H and O–H groups in total. The smallest absolute Gasteiger partial charge is 0.0243 e. The molecule has 0 aromatic heterocycles. The van der Waals surface area contributed by atoms with E-state index >= 15 is 0 Å². The fourth-order valence-corrected chi connectivity index (χ4v) is 2.63. The van der Waals surface area contributed by atoms with Crippen LogP contribution in [0, 0.1) is 5.92 Å². The fraction of sp³-hybridized carbons (Fsp3) is 1.00. The van der Waals surface area contributed by atoms with Gasteiger partial charge in [-0.25, -0.2) is 0 Å². The summed E-state index contributed by atoms with van der Waals surface area (Å²) < 4.78 is 0. The van der Waals surface area contributed by atoms with Gasteiger partial charge in [0.15, 0.2) is 0 Å². The molecule has 2 nitrogen and oxygen atoms in total. The molecule has 0 radical (unpaired) electrons. The second-order valence-corrected chi connectivity index (χ2v) is 5.47. The van der Waals surface area contributed by atoms with E-state index in [9.17, 15) is 0 Å². The quantitative estimate of drug-likeness (QED) is 0.701. The fourth-order valence-electron chi connectivity index (χ4n) is 2.63. The van der Waals surface area contributed by atoms with Crippen molar-refractivity contribution in [3.8, 4) is 0 Å².